The van der Waals surface area contributed by atoms with Crippen LogP contribution in [-0.2, 0) is 6.54 Å². The molecule has 2 nitrogen and oxygen atoms in total. The maximum Gasteiger partial charge on any atom is 0.127 e. The van der Waals surface area contributed by atoms with Crippen molar-refractivity contribution in [2.75, 3.05) is 13.1 Å². The lowest BCUT2D eigenvalue weighted by Crippen LogP contribution is -2.39. The van der Waals surface area contributed by atoms with Crippen LogP contribution in [0.2, 0.25) is 0 Å². The Hall–Kier alpha value is -0.930. The Labute approximate surface area is 103 Å². The van der Waals surface area contributed by atoms with Crippen LogP contribution in [0.25, 0.3) is 0 Å². The van der Waals surface area contributed by atoms with E-state index in [2.05, 4.69) is 11.8 Å². The SMILES string of the molecule is CC(N)C1CCN(Cc2ccccc2F)CC1. The Morgan fingerprint density at radius 2 is 2.00 bits per heavy atom. The number of nitrogens with two attached hydrogens (primary N) is 1. The molecule has 0 aliphatic carbocycles. The van der Waals surface area contributed by atoms with Crippen LogP contribution in [-0.4, -0.2) is 24.0 Å². The van der Waals surface area contributed by atoms with Crippen molar-refractivity contribution in [2.45, 2.75) is 32.4 Å². The van der Waals surface area contributed by atoms with Crippen LogP contribution in [0, 0.1) is 11.7 Å². The van der Waals surface area contributed by atoms with Crippen molar-refractivity contribution in [1.29, 1.82) is 0 Å². The first-order chi connectivity index (χ1) is 8.16. The van der Waals surface area contributed by atoms with E-state index in [9.17, 15) is 4.39 Å². The first-order valence-corrected chi connectivity index (χ1v) is 6.38. The molecule has 1 saturated heterocycles. The summed E-state index contributed by atoms with van der Waals surface area (Å²) in [6.07, 6.45) is 2.26. The van der Waals surface area contributed by atoms with Crippen LogP contribution in [0.4, 0.5) is 4.39 Å². The minimum Gasteiger partial charge on any atom is -0.328 e. The lowest BCUT2D eigenvalue weighted by molar-refractivity contribution is 0.164. The fraction of sp³-hybridized carbons (Fsp3) is 0.571. The second-order valence-corrected chi connectivity index (χ2v) is 5.06. The minimum absolute atomic E-state index is 0.0955. The average molecular weight is 236 g/mol. The van der Waals surface area contributed by atoms with Crippen molar-refractivity contribution in [1.82, 2.24) is 4.90 Å². The summed E-state index contributed by atoms with van der Waals surface area (Å²) in [5.74, 6) is 0.536. The van der Waals surface area contributed by atoms with E-state index in [0.717, 1.165) is 38.0 Å². The number of benzene rings is 1. The molecule has 2 rings (SSSR count). The lowest BCUT2D eigenvalue weighted by atomic mass is 9.91. The zero-order chi connectivity index (χ0) is 12.3. The summed E-state index contributed by atoms with van der Waals surface area (Å²) in [5.41, 5.74) is 6.71. The third-order valence-electron chi connectivity index (χ3n) is 3.73. The molecule has 0 spiro atoms. The molecule has 1 aliphatic rings. The molecule has 1 atom stereocenters. The van der Waals surface area contributed by atoms with Crippen molar-refractivity contribution in [3.63, 3.8) is 0 Å². The topological polar surface area (TPSA) is 29.3 Å². The minimum atomic E-state index is -0.0955. The molecule has 1 heterocycles. The Morgan fingerprint density at radius 3 is 2.59 bits per heavy atom. The number of rotatable bonds is 3. The first-order valence-electron chi connectivity index (χ1n) is 6.38. The van der Waals surface area contributed by atoms with E-state index in [1.54, 1.807) is 6.07 Å². The maximum atomic E-state index is 13.5. The van der Waals surface area contributed by atoms with Gasteiger partial charge in [-0.1, -0.05) is 18.2 Å². The zero-order valence-corrected chi connectivity index (χ0v) is 10.4. The molecular formula is C14H21FN2. The number of hydrogen-bond acceptors (Lipinski definition) is 2. The van der Waals surface area contributed by atoms with Gasteiger partial charge in [-0.2, -0.15) is 0 Å². The highest BCUT2D eigenvalue weighted by Crippen LogP contribution is 2.21. The fourth-order valence-corrected chi connectivity index (χ4v) is 2.50. The van der Waals surface area contributed by atoms with Crippen LogP contribution in [0.3, 0.4) is 0 Å². The predicted molar refractivity (Wildman–Crippen MR) is 68.1 cm³/mol. The van der Waals surface area contributed by atoms with Gasteiger partial charge in [0.25, 0.3) is 0 Å². The molecule has 94 valence electrons. The van der Waals surface area contributed by atoms with Crippen LogP contribution < -0.4 is 5.73 Å². The second kappa shape index (κ2) is 5.61. The molecule has 1 aromatic rings. The van der Waals surface area contributed by atoms with Crippen LogP contribution in [0.5, 0.6) is 0 Å². The second-order valence-electron chi connectivity index (χ2n) is 5.06. The van der Waals surface area contributed by atoms with Crippen molar-refractivity contribution in [3.8, 4) is 0 Å². The third-order valence-corrected chi connectivity index (χ3v) is 3.73. The molecule has 0 aromatic heterocycles. The van der Waals surface area contributed by atoms with E-state index in [-0.39, 0.29) is 11.9 Å². The van der Waals surface area contributed by atoms with Crippen LogP contribution in [0.15, 0.2) is 24.3 Å². The number of nitrogens with zero attached hydrogens (tertiary/aromatic N) is 1. The summed E-state index contributed by atoms with van der Waals surface area (Å²) >= 11 is 0. The molecule has 1 fully saturated rings. The van der Waals surface area contributed by atoms with Crippen molar-refractivity contribution in [2.24, 2.45) is 11.7 Å². The quantitative estimate of drug-likeness (QED) is 0.873. The third kappa shape index (κ3) is 3.27. The van der Waals surface area contributed by atoms with Gasteiger partial charge in [0.05, 0.1) is 0 Å². The summed E-state index contributed by atoms with van der Waals surface area (Å²) in [4.78, 5) is 2.32. The number of piperidine rings is 1. The molecule has 2 N–H and O–H groups in total. The largest absolute Gasteiger partial charge is 0.328 e. The summed E-state index contributed by atoms with van der Waals surface area (Å²) in [6, 6.07) is 7.32. The molecule has 17 heavy (non-hydrogen) atoms. The average Bonchev–Trinajstić information content (AvgIpc) is 2.33. The van der Waals surface area contributed by atoms with Gasteiger partial charge in [0, 0.05) is 18.2 Å². The van der Waals surface area contributed by atoms with E-state index >= 15 is 0 Å². The lowest BCUT2D eigenvalue weighted by Gasteiger charge is -2.33. The summed E-state index contributed by atoms with van der Waals surface area (Å²) in [7, 11) is 0. The normalized spacial score (nSPS) is 20.4. The highest BCUT2D eigenvalue weighted by Gasteiger charge is 2.22. The molecule has 3 heteroatoms. The molecule has 1 unspecified atom stereocenters. The van der Waals surface area contributed by atoms with Gasteiger partial charge < -0.3 is 5.73 Å². The highest BCUT2D eigenvalue weighted by atomic mass is 19.1. The molecule has 0 radical (unpaired) electrons. The first kappa shape index (κ1) is 12.5. The highest BCUT2D eigenvalue weighted by molar-refractivity contribution is 5.17. The summed E-state index contributed by atoms with van der Waals surface area (Å²) in [6.45, 7) is 4.86. The van der Waals surface area contributed by atoms with Gasteiger partial charge in [-0.3, -0.25) is 4.90 Å². The van der Waals surface area contributed by atoms with Gasteiger partial charge in [0.1, 0.15) is 5.82 Å². The molecule has 1 aromatic carbocycles. The van der Waals surface area contributed by atoms with Gasteiger partial charge in [0.2, 0.25) is 0 Å². The number of likely N-dealkylation sites (tertiary alicyclic amines) is 1. The Balaban J connectivity index is 1.88. The van der Waals surface area contributed by atoms with Gasteiger partial charge >= 0.3 is 0 Å². The van der Waals surface area contributed by atoms with Gasteiger partial charge in [-0.05, 0) is 44.8 Å². The molecule has 0 bridgehead atoms. The monoisotopic (exact) mass is 236 g/mol. The fourth-order valence-electron chi connectivity index (χ4n) is 2.50. The van der Waals surface area contributed by atoms with Crippen molar-refractivity contribution >= 4 is 0 Å². The van der Waals surface area contributed by atoms with Crippen molar-refractivity contribution in [3.05, 3.63) is 35.6 Å². The maximum absolute atomic E-state index is 13.5. The van der Waals surface area contributed by atoms with Crippen LogP contribution >= 0.6 is 0 Å². The molecule has 1 aliphatic heterocycles. The Kier molecular flexibility index (Phi) is 4.13. The molecule has 0 amide bonds. The van der Waals surface area contributed by atoms with E-state index in [1.807, 2.05) is 12.1 Å². The van der Waals surface area contributed by atoms with Crippen LogP contribution in [0.1, 0.15) is 25.3 Å². The summed E-state index contributed by atoms with van der Waals surface area (Å²) in [5, 5.41) is 0. The standard InChI is InChI=1S/C14H21FN2/c1-11(16)12-6-8-17(9-7-12)10-13-4-2-3-5-14(13)15/h2-5,11-12H,6-10,16H2,1H3. The number of hydrogen-bond donors (Lipinski definition) is 1. The van der Waals surface area contributed by atoms with E-state index in [1.165, 1.54) is 6.07 Å². The number of halogens is 1. The zero-order valence-electron chi connectivity index (χ0n) is 10.4. The van der Waals surface area contributed by atoms with Crippen molar-refractivity contribution < 1.29 is 4.39 Å². The van der Waals surface area contributed by atoms with Gasteiger partial charge in [-0.25, -0.2) is 4.39 Å². The predicted octanol–water partition coefficient (Wildman–Crippen LogP) is 2.38. The Morgan fingerprint density at radius 1 is 1.35 bits per heavy atom. The van der Waals surface area contributed by atoms with Gasteiger partial charge in [0.15, 0.2) is 0 Å². The smallest absolute Gasteiger partial charge is 0.127 e. The summed E-state index contributed by atoms with van der Waals surface area (Å²) < 4.78 is 13.5. The molecule has 0 saturated carbocycles. The van der Waals surface area contributed by atoms with E-state index in [4.69, 9.17) is 5.73 Å². The van der Waals surface area contributed by atoms with E-state index in [0.29, 0.717) is 5.92 Å². The van der Waals surface area contributed by atoms with E-state index < -0.39 is 0 Å². The Bertz CT molecular complexity index is 357. The van der Waals surface area contributed by atoms with Gasteiger partial charge in [-0.15, -0.1) is 0 Å². The molecular weight excluding hydrogens is 215 g/mol.